The van der Waals surface area contributed by atoms with Crippen LogP contribution in [0.1, 0.15) is 17.3 Å². The molecule has 0 aliphatic carbocycles. The van der Waals surface area contributed by atoms with Gasteiger partial charge in [0.25, 0.3) is 5.91 Å². The summed E-state index contributed by atoms with van der Waals surface area (Å²) >= 11 is 0. The van der Waals surface area contributed by atoms with E-state index < -0.39 is 35.9 Å². The molecular formula is C12H13FN2O5. The fourth-order valence-electron chi connectivity index (χ4n) is 1.28. The highest BCUT2D eigenvalue weighted by atomic mass is 19.1. The Kier molecular flexibility index (Phi) is 5.45. The SMILES string of the molecule is CCNC(=O)NC(=O)COc1ccc(C(=O)O)c(F)c1. The largest absolute Gasteiger partial charge is 0.484 e. The third-order valence-electron chi connectivity index (χ3n) is 2.13. The van der Waals surface area contributed by atoms with Gasteiger partial charge in [-0.2, -0.15) is 0 Å². The van der Waals surface area contributed by atoms with Crippen LogP contribution in [-0.2, 0) is 4.79 Å². The average Bonchev–Trinajstić information content (AvgIpc) is 2.36. The number of amides is 3. The van der Waals surface area contributed by atoms with Gasteiger partial charge < -0.3 is 15.2 Å². The maximum atomic E-state index is 13.3. The van der Waals surface area contributed by atoms with Gasteiger partial charge in [-0.1, -0.05) is 0 Å². The molecule has 0 spiro atoms. The van der Waals surface area contributed by atoms with Crippen LogP contribution in [0.15, 0.2) is 18.2 Å². The van der Waals surface area contributed by atoms with Crippen LogP contribution in [0.3, 0.4) is 0 Å². The molecule has 0 aliphatic rings. The van der Waals surface area contributed by atoms with Gasteiger partial charge in [0.15, 0.2) is 6.61 Å². The minimum absolute atomic E-state index is 0.0152. The Morgan fingerprint density at radius 2 is 2.05 bits per heavy atom. The third kappa shape index (κ3) is 4.56. The molecule has 0 bridgehead atoms. The summed E-state index contributed by atoms with van der Waals surface area (Å²) in [6.07, 6.45) is 0. The summed E-state index contributed by atoms with van der Waals surface area (Å²) in [5.74, 6) is -3.10. The number of carbonyl (C=O) groups excluding carboxylic acids is 2. The van der Waals surface area contributed by atoms with Gasteiger partial charge in [-0.3, -0.25) is 10.1 Å². The van der Waals surface area contributed by atoms with Gasteiger partial charge in [-0.25, -0.2) is 14.0 Å². The number of hydrogen-bond donors (Lipinski definition) is 3. The number of aromatic carboxylic acids is 1. The van der Waals surface area contributed by atoms with Crippen LogP contribution in [0, 0.1) is 5.82 Å². The maximum absolute atomic E-state index is 13.3. The standard InChI is InChI=1S/C12H13FN2O5/c1-2-14-12(19)15-10(16)6-20-7-3-4-8(11(17)18)9(13)5-7/h3-5H,2,6H2,1H3,(H,17,18)(H2,14,15,16,19). The maximum Gasteiger partial charge on any atom is 0.338 e. The first-order chi connectivity index (χ1) is 9.43. The number of rotatable bonds is 5. The Labute approximate surface area is 113 Å². The molecule has 3 amide bonds. The summed E-state index contributed by atoms with van der Waals surface area (Å²) in [5.41, 5.74) is -0.496. The van der Waals surface area contributed by atoms with Crippen LogP contribution in [0.2, 0.25) is 0 Å². The average molecular weight is 284 g/mol. The smallest absolute Gasteiger partial charge is 0.338 e. The summed E-state index contributed by atoms with van der Waals surface area (Å²) < 4.78 is 18.2. The van der Waals surface area contributed by atoms with Crippen molar-refractivity contribution in [3.05, 3.63) is 29.6 Å². The number of nitrogens with one attached hydrogen (secondary N) is 2. The fraction of sp³-hybridized carbons (Fsp3) is 0.250. The van der Waals surface area contributed by atoms with Crippen molar-refractivity contribution < 1.29 is 28.6 Å². The predicted octanol–water partition coefficient (Wildman–Crippen LogP) is 0.748. The van der Waals surface area contributed by atoms with Crippen LogP contribution in [0.5, 0.6) is 5.75 Å². The lowest BCUT2D eigenvalue weighted by Gasteiger charge is -2.07. The Balaban J connectivity index is 2.54. The number of carbonyl (C=O) groups is 3. The van der Waals surface area contributed by atoms with Gasteiger partial charge in [0, 0.05) is 12.6 Å². The van der Waals surface area contributed by atoms with Gasteiger partial charge >= 0.3 is 12.0 Å². The molecule has 3 N–H and O–H groups in total. The summed E-state index contributed by atoms with van der Waals surface area (Å²) in [6.45, 7) is 1.55. The molecule has 7 nitrogen and oxygen atoms in total. The lowest BCUT2D eigenvalue weighted by atomic mass is 10.2. The van der Waals surface area contributed by atoms with E-state index in [1.54, 1.807) is 6.92 Å². The van der Waals surface area contributed by atoms with Crippen LogP contribution < -0.4 is 15.4 Å². The van der Waals surface area contributed by atoms with Crippen LogP contribution >= 0.6 is 0 Å². The van der Waals surface area contributed by atoms with E-state index in [-0.39, 0.29) is 5.75 Å². The van der Waals surface area contributed by atoms with Crippen LogP contribution in [0.25, 0.3) is 0 Å². The molecule has 20 heavy (non-hydrogen) atoms. The van der Waals surface area contributed by atoms with E-state index in [4.69, 9.17) is 9.84 Å². The molecule has 1 rings (SSSR count). The number of hydrogen-bond acceptors (Lipinski definition) is 4. The first-order valence-electron chi connectivity index (χ1n) is 5.67. The minimum Gasteiger partial charge on any atom is -0.484 e. The van der Waals surface area contributed by atoms with Crippen molar-refractivity contribution in [3.8, 4) is 5.75 Å². The topological polar surface area (TPSA) is 105 Å². The Morgan fingerprint density at radius 1 is 1.35 bits per heavy atom. The van der Waals surface area contributed by atoms with Crippen LogP contribution in [-0.4, -0.2) is 36.2 Å². The van der Waals surface area contributed by atoms with Crippen molar-refractivity contribution in [1.29, 1.82) is 0 Å². The summed E-state index contributed by atoms with van der Waals surface area (Å²) in [6, 6.07) is 2.43. The van der Waals surface area contributed by atoms with Crippen LogP contribution in [0.4, 0.5) is 9.18 Å². The molecule has 0 saturated heterocycles. The van der Waals surface area contributed by atoms with Crippen molar-refractivity contribution in [2.45, 2.75) is 6.92 Å². The highest BCUT2D eigenvalue weighted by Gasteiger charge is 2.12. The second kappa shape index (κ2) is 7.07. The second-order valence-electron chi connectivity index (χ2n) is 3.64. The fourth-order valence-corrected chi connectivity index (χ4v) is 1.28. The molecule has 0 saturated carbocycles. The van der Waals surface area contributed by atoms with E-state index in [9.17, 15) is 18.8 Å². The lowest BCUT2D eigenvalue weighted by Crippen LogP contribution is -2.41. The highest BCUT2D eigenvalue weighted by Crippen LogP contribution is 2.16. The number of urea groups is 1. The molecular weight excluding hydrogens is 271 g/mol. The van der Waals surface area contributed by atoms with E-state index in [1.807, 2.05) is 5.32 Å². The number of carboxylic acid groups (broad SMARTS) is 1. The number of halogens is 1. The van der Waals surface area contributed by atoms with Gasteiger partial charge in [0.05, 0.1) is 5.56 Å². The molecule has 0 unspecified atom stereocenters. The van der Waals surface area contributed by atoms with Crippen molar-refractivity contribution in [1.82, 2.24) is 10.6 Å². The second-order valence-corrected chi connectivity index (χ2v) is 3.64. The van der Waals surface area contributed by atoms with E-state index in [1.165, 1.54) is 6.07 Å². The van der Waals surface area contributed by atoms with Crippen molar-refractivity contribution in [3.63, 3.8) is 0 Å². The highest BCUT2D eigenvalue weighted by molar-refractivity contribution is 5.95. The number of benzene rings is 1. The number of ether oxygens (including phenoxy) is 1. The molecule has 0 fully saturated rings. The number of imide groups is 1. The van der Waals surface area contributed by atoms with Gasteiger partial charge in [-0.05, 0) is 19.1 Å². The van der Waals surface area contributed by atoms with Crippen molar-refractivity contribution in [2.24, 2.45) is 0 Å². The summed E-state index contributed by atoms with van der Waals surface area (Å²) in [5, 5.41) is 13.0. The molecule has 8 heteroatoms. The molecule has 0 aromatic heterocycles. The number of carboxylic acids is 1. The third-order valence-corrected chi connectivity index (χ3v) is 2.13. The molecule has 108 valence electrons. The molecule has 0 aliphatic heterocycles. The zero-order valence-corrected chi connectivity index (χ0v) is 10.6. The first kappa shape index (κ1) is 15.4. The van der Waals surface area contributed by atoms with Gasteiger partial charge in [0.2, 0.25) is 0 Å². The Bertz CT molecular complexity index is 533. The Hall–Kier alpha value is -2.64. The summed E-state index contributed by atoms with van der Waals surface area (Å²) in [4.78, 5) is 32.9. The minimum atomic E-state index is -1.40. The van der Waals surface area contributed by atoms with E-state index in [0.717, 1.165) is 12.1 Å². The van der Waals surface area contributed by atoms with E-state index in [2.05, 4.69) is 5.32 Å². The molecule has 0 atom stereocenters. The molecule has 0 heterocycles. The zero-order valence-electron chi connectivity index (χ0n) is 10.6. The molecule has 0 radical (unpaired) electrons. The van der Waals surface area contributed by atoms with Gasteiger partial charge in [0.1, 0.15) is 11.6 Å². The molecule has 1 aromatic rings. The van der Waals surface area contributed by atoms with E-state index in [0.29, 0.717) is 6.54 Å². The van der Waals surface area contributed by atoms with Crippen molar-refractivity contribution >= 4 is 17.9 Å². The lowest BCUT2D eigenvalue weighted by molar-refractivity contribution is -0.122. The summed E-state index contributed by atoms with van der Waals surface area (Å²) in [7, 11) is 0. The predicted molar refractivity (Wildman–Crippen MR) is 66.1 cm³/mol. The Morgan fingerprint density at radius 3 is 2.60 bits per heavy atom. The van der Waals surface area contributed by atoms with E-state index >= 15 is 0 Å². The zero-order chi connectivity index (χ0) is 15.1. The molecule has 1 aromatic carbocycles. The monoisotopic (exact) mass is 284 g/mol. The normalized spacial score (nSPS) is 9.70. The first-order valence-corrected chi connectivity index (χ1v) is 5.67. The van der Waals surface area contributed by atoms with Gasteiger partial charge in [-0.15, -0.1) is 0 Å². The quantitative estimate of drug-likeness (QED) is 0.740. The van der Waals surface area contributed by atoms with Crippen molar-refractivity contribution in [2.75, 3.05) is 13.2 Å².